The highest BCUT2D eigenvalue weighted by Crippen LogP contribution is 2.17. The maximum atomic E-state index is 12.5. The van der Waals surface area contributed by atoms with Gasteiger partial charge in [0, 0.05) is 19.9 Å². The topological polar surface area (TPSA) is 29.5 Å². The molecule has 1 fully saturated rings. The first-order valence-corrected chi connectivity index (χ1v) is 3.30. The van der Waals surface area contributed by atoms with Crippen molar-refractivity contribution in [3.05, 3.63) is 0 Å². The van der Waals surface area contributed by atoms with Crippen molar-refractivity contribution in [2.75, 3.05) is 6.54 Å². The Morgan fingerprint density at radius 2 is 2.50 bits per heavy atom. The summed E-state index contributed by atoms with van der Waals surface area (Å²) in [7, 11) is 0. The van der Waals surface area contributed by atoms with E-state index in [0.29, 0.717) is 18.1 Å². The Balaban J connectivity index is 2.33. The van der Waals surface area contributed by atoms with Gasteiger partial charge in [-0.15, -0.1) is 9.60 Å². The second kappa shape index (κ2) is 2.96. The highest BCUT2D eigenvalue weighted by Gasteiger charge is 2.26. The minimum Gasteiger partial charge on any atom is -0.444 e. The number of carbonyl (C=O) groups excluding carboxylic acids is 1. The second-order valence-electron chi connectivity index (χ2n) is 2.33. The van der Waals surface area contributed by atoms with Crippen LogP contribution in [0.15, 0.2) is 0 Å². The minimum absolute atomic E-state index is 0.373. The lowest BCUT2D eigenvalue weighted by Crippen LogP contribution is -2.25. The molecule has 1 rings (SSSR count). The number of rotatable bonds is 1. The van der Waals surface area contributed by atoms with E-state index >= 15 is 0 Å². The number of halogens is 1. The third-order valence-electron chi connectivity index (χ3n) is 1.44. The normalized spacial score (nSPS) is 26.8. The van der Waals surface area contributed by atoms with E-state index < -0.39 is 12.2 Å². The van der Waals surface area contributed by atoms with Gasteiger partial charge in [0.2, 0.25) is 0 Å². The fraction of sp³-hybridized carbons (Fsp3) is 0.833. The Morgan fingerprint density at radius 3 is 2.90 bits per heavy atom. The van der Waals surface area contributed by atoms with E-state index in [1.165, 1.54) is 6.92 Å². The first-order valence-electron chi connectivity index (χ1n) is 3.30. The first kappa shape index (κ1) is 7.47. The van der Waals surface area contributed by atoms with Gasteiger partial charge in [0.1, 0.15) is 0 Å². The van der Waals surface area contributed by atoms with E-state index in [1.54, 1.807) is 0 Å². The summed E-state index contributed by atoms with van der Waals surface area (Å²) in [6, 6.07) is 0. The standard InChI is InChI=1S/C6H10FNO2/c1-5(9)10-6-3-2-4-8(6)7/h6H,2-4H2,1H3. The third-order valence-corrected chi connectivity index (χ3v) is 1.44. The van der Waals surface area contributed by atoms with Crippen molar-refractivity contribution in [3.63, 3.8) is 0 Å². The molecule has 0 bridgehead atoms. The maximum absolute atomic E-state index is 12.5. The van der Waals surface area contributed by atoms with Gasteiger partial charge in [0.15, 0.2) is 6.23 Å². The van der Waals surface area contributed by atoms with Crippen molar-refractivity contribution in [1.82, 2.24) is 5.12 Å². The third kappa shape index (κ3) is 1.67. The Morgan fingerprint density at radius 1 is 1.80 bits per heavy atom. The number of hydrogen-bond donors (Lipinski definition) is 0. The molecule has 0 aromatic rings. The molecule has 0 aromatic carbocycles. The zero-order chi connectivity index (χ0) is 7.56. The quantitative estimate of drug-likeness (QED) is 0.407. The van der Waals surface area contributed by atoms with Gasteiger partial charge in [-0.05, 0) is 6.42 Å². The van der Waals surface area contributed by atoms with E-state index in [1.807, 2.05) is 0 Å². The highest BCUT2D eigenvalue weighted by atomic mass is 19.2. The molecule has 10 heavy (non-hydrogen) atoms. The SMILES string of the molecule is CC(=O)OC1CCCN1F. The van der Waals surface area contributed by atoms with E-state index in [0.717, 1.165) is 6.42 Å². The van der Waals surface area contributed by atoms with Crippen molar-refractivity contribution in [2.45, 2.75) is 26.0 Å². The molecule has 0 N–H and O–H groups in total. The van der Waals surface area contributed by atoms with Crippen molar-refractivity contribution in [2.24, 2.45) is 0 Å². The van der Waals surface area contributed by atoms with Crippen molar-refractivity contribution in [1.29, 1.82) is 0 Å². The number of hydrogen-bond acceptors (Lipinski definition) is 3. The van der Waals surface area contributed by atoms with Gasteiger partial charge in [-0.2, -0.15) is 0 Å². The smallest absolute Gasteiger partial charge is 0.304 e. The molecule has 1 aliphatic rings. The van der Waals surface area contributed by atoms with E-state index in [9.17, 15) is 9.28 Å². The van der Waals surface area contributed by atoms with Crippen molar-refractivity contribution >= 4 is 5.97 Å². The molecule has 0 amide bonds. The molecule has 0 radical (unpaired) electrons. The van der Waals surface area contributed by atoms with Gasteiger partial charge in [0.05, 0.1) is 0 Å². The first-order chi connectivity index (χ1) is 4.70. The average Bonchev–Trinajstić information content (AvgIpc) is 2.15. The molecule has 58 valence electrons. The minimum atomic E-state index is -0.627. The van der Waals surface area contributed by atoms with Crippen LogP contribution in [0, 0.1) is 0 Å². The largest absolute Gasteiger partial charge is 0.444 e. The van der Waals surface area contributed by atoms with Gasteiger partial charge in [0.25, 0.3) is 0 Å². The van der Waals surface area contributed by atoms with Crippen LogP contribution < -0.4 is 0 Å². The lowest BCUT2D eigenvalue weighted by molar-refractivity contribution is -0.169. The molecule has 1 heterocycles. The van der Waals surface area contributed by atoms with Gasteiger partial charge >= 0.3 is 5.97 Å². The van der Waals surface area contributed by atoms with Gasteiger partial charge in [-0.3, -0.25) is 4.79 Å². The van der Waals surface area contributed by atoms with Crippen LogP contribution in [0.3, 0.4) is 0 Å². The molecule has 0 aromatic heterocycles. The number of esters is 1. The van der Waals surface area contributed by atoms with Crippen LogP contribution in [0.25, 0.3) is 0 Å². The summed E-state index contributed by atoms with van der Waals surface area (Å²) in [6.07, 6.45) is 0.738. The van der Waals surface area contributed by atoms with Gasteiger partial charge < -0.3 is 4.74 Å². The summed E-state index contributed by atoms with van der Waals surface area (Å²) in [5.41, 5.74) is 0. The van der Waals surface area contributed by atoms with Crippen LogP contribution in [-0.2, 0) is 9.53 Å². The lowest BCUT2D eigenvalue weighted by Gasteiger charge is -2.13. The zero-order valence-corrected chi connectivity index (χ0v) is 5.84. The van der Waals surface area contributed by atoms with Crippen molar-refractivity contribution < 1.29 is 14.0 Å². The molecular weight excluding hydrogens is 137 g/mol. The lowest BCUT2D eigenvalue weighted by atomic mass is 10.4. The molecular formula is C6H10FNO2. The van der Waals surface area contributed by atoms with Crippen LogP contribution in [0.2, 0.25) is 0 Å². The van der Waals surface area contributed by atoms with E-state index in [4.69, 9.17) is 0 Å². The van der Waals surface area contributed by atoms with Crippen LogP contribution in [0.1, 0.15) is 19.8 Å². The van der Waals surface area contributed by atoms with Crippen molar-refractivity contribution in [3.8, 4) is 0 Å². The number of nitrogens with zero attached hydrogens (tertiary/aromatic N) is 1. The van der Waals surface area contributed by atoms with Crippen LogP contribution in [0.4, 0.5) is 4.48 Å². The molecule has 1 saturated heterocycles. The Hall–Kier alpha value is -0.640. The molecule has 0 saturated carbocycles. The predicted molar refractivity (Wildman–Crippen MR) is 32.6 cm³/mol. The van der Waals surface area contributed by atoms with Gasteiger partial charge in [-0.25, -0.2) is 0 Å². The summed E-state index contributed by atoms with van der Waals surface area (Å²) in [4.78, 5) is 10.3. The summed E-state index contributed by atoms with van der Waals surface area (Å²) >= 11 is 0. The van der Waals surface area contributed by atoms with Gasteiger partial charge in [-0.1, -0.05) is 0 Å². The van der Waals surface area contributed by atoms with E-state index in [2.05, 4.69) is 4.74 Å². The number of ether oxygens (including phenoxy) is 1. The second-order valence-corrected chi connectivity index (χ2v) is 2.33. The molecule has 1 atom stereocenters. The average molecular weight is 147 g/mol. The molecule has 1 unspecified atom stereocenters. The summed E-state index contributed by atoms with van der Waals surface area (Å²) in [5.74, 6) is -0.422. The summed E-state index contributed by atoms with van der Waals surface area (Å²) < 4.78 is 17.1. The Labute approximate surface area is 58.7 Å². The molecule has 0 aliphatic carbocycles. The fourth-order valence-corrected chi connectivity index (χ4v) is 1.01. The zero-order valence-electron chi connectivity index (χ0n) is 5.84. The Bertz CT molecular complexity index is 140. The predicted octanol–water partition coefficient (Wildman–Crippen LogP) is 0.856. The summed E-state index contributed by atoms with van der Waals surface area (Å²) in [6.45, 7) is 1.66. The fourth-order valence-electron chi connectivity index (χ4n) is 1.01. The highest BCUT2D eigenvalue weighted by molar-refractivity contribution is 5.66. The molecule has 1 aliphatic heterocycles. The maximum Gasteiger partial charge on any atom is 0.304 e. The molecule has 4 heteroatoms. The van der Waals surface area contributed by atoms with Crippen LogP contribution in [-0.4, -0.2) is 23.9 Å². The van der Waals surface area contributed by atoms with E-state index in [-0.39, 0.29) is 0 Å². The monoisotopic (exact) mass is 147 g/mol. The van der Waals surface area contributed by atoms with Crippen LogP contribution in [0.5, 0.6) is 0 Å². The molecule has 3 nitrogen and oxygen atoms in total. The number of carbonyl (C=O) groups is 1. The summed E-state index contributed by atoms with van der Waals surface area (Å²) in [5, 5.41) is 0.557. The molecule has 0 spiro atoms. The van der Waals surface area contributed by atoms with Crippen LogP contribution >= 0.6 is 0 Å². The Kier molecular flexibility index (Phi) is 2.21.